The highest BCUT2D eigenvalue weighted by atomic mass is 16.1. The van der Waals surface area contributed by atoms with Crippen LogP contribution in [0.15, 0.2) is 36.5 Å². The maximum atomic E-state index is 11.2. The van der Waals surface area contributed by atoms with Crippen LogP contribution in [-0.2, 0) is 4.79 Å². The molecule has 0 amide bonds. The Labute approximate surface area is 80.8 Å². The van der Waals surface area contributed by atoms with Crippen LogP contribution in [0.3, 0.4) is 0 Å². The third kappa shape index (κ3) is 3.88. The van der Waals surface area contributed by atoms with Gasteiger partial charge in [-0.3, -0.25) is 4.79 Å². The second kappa shape index (κ2) is 6.41. The van der Waals surface area contributed by atoms with E-state index in [0.717, 1.165) is 12.0 Å². The third-order valence-corrected chi connectivity index (χ3v) is 2.02. The summed E-state index contributed by atoms with van der Waals surface area (Å²) in [6, 6.07) is 0. The van der Waals surface area contributed by atoms with Gasteiger partial charge in [-0.05, 0) is 25.8 Å². The lowest BCUT2D eigenvalue weighted by atomic mass is 9.92. The molecule has 13 heavy (non-hydrogen) atoms. The number of rotatable bonds is 5. The van der Waals surface area contributed by atoms with Crippen molar-refractivity contribution in [2.75, 3.05) is 0 Å². The van der Waals surface area contributed by atoms with Crippen LogP contribution in [0.4, 0.5) is 0 Å². The fourth-order valence-electron chi connectivity index (χ4n) is 1.29. The van der Waals surface area contributed by atoms with Gasteiger partial charge in [-0.25, -0.2) is 0 Å². The van der Waals surface area contributed by atoms with Crippen molar-refractivity contribution < 1.29 is 4.79 Å². The Hall–Kier alpha value is -1.11. The van der Waals surface area contributed by atoms with E-state index in [-0.39, 0.29) is 11.7 Å². The predicted molar refractivity (Wildman–Crippen MR) is 57.6 cm³/mol. The molecule has 0 saturated heterocycles. The number of Topliss-reactive ketones (excluding diaryl/α,β-unsaturated/α-hetero) is 1. The van der Waals surface area contributed by atoms with Crippen molar-refractivity contribution in [2.45, 2.75) is 27.2 Å². The van der Waals surface area contributed by atoms with Crippen molar-refractivity contribution in [2.24, 2.45) is 5.92 Å². The standard InChI is InChI=1S/C12H18O/c1-5-8-9-11(6-2)12(7-3)10(4)13/h5-6,8-9,12H,2,7H2,1,3-4H3/b8-5-,11-9+. The van der Waals surface area contributed by atoms with Crippen LogP contribution in [0.5, 0.6) is 0 Å². The lowest BCUT2D eigenvalue weighted by Crippen LogP contribution is -2.11. The molecule has 1 heteroatoms. The van der Waals surface area contributed by atoms with Gasteiger partial charge in [0, 0.05) is 5.92 Å². The molecule has 0 aliphatic carbocycles. The van der Waals surface area contributed by atoms with Crippen molar-refractivity contribution in [3.8, 4) is 0 Å². The van der Waals surface area contributed by atoms with Crippen molar-refractivity contribution in [1.29, 1.82) is 0 Å². The summed E-state index contributed by atoms with van der Waals surface area (Å²) in [6.07, 6.45) is 8.42. The average Bonchev–Trinajstić information content (AvgIpc) is 2.11. The Balaban J connectivity index is 4.71. The highest BCUT2D eigenvalue weighted by molar-refractivity contribution is 5.81. The Morgan fingerprint density at radius 3 is 2.46 bits per heavy atom. The van der Waals surface area contributed by atoms with Crippen LogP contribution in [0.2, 0.25) is 0 Å². The highest BCUT2D eigenvalue weighted by Crippen LogP contribution is 2.17. The molecule has 0 spiro atoms. The van der Waals surface area contributed by atoms with Gasteiger partial charge in [-0.15, -0.1) is 0 Å². The molecule has 0 radical (unpaired) electrons. The molecule has 0 aromatic rings. The molecule has 0 rings (SSSR count). The third-order valence-electron chi connectivity index (χ3n) is 2.02. The largest absolute Gasteiger partial charge is 0.299 e. The number of hydrogen-bond donors (Lipinski definition) is 0. The first-order chi connectivity index (χ1) is 6.17. The average molecular weight is 178 g/mol. The first-order valence-corrected chi connectivity index (χ1v) is 4.63. The zero-order chi connectivity index (χ0) is 10.3. The molecule has 0 bridgehead atoms. The fraction of sp³-hybridized carbons (Fsp3) is 0.417. The normalized spacial score (nSPS) is 14.5. The lowest BCUT2D eigenvalue weighted by Gasteiger charge is -2.11. The maximum absolute atomic E-state index is 11.2. The number of carbonyl (C=O) groups excluding carboxylic acids is 1. The first kappa shape index (κ1) is 11.9. The maximum Gasteiger partial charge on any atom is 0.137 e. The molecule has 0 saturated carbocycles. The summed E-state index contributed by atoms with van der Waals surface area (Å²) >= 11 is 0. The van der Waals surface area contributed by atoms with Gasteiger partial charge in [0.1, 0.15) is 5.78 Å². The van der Waals surface area contributed by atoms with Crippen LogP contribution in [0.1, 0.15) is 27.2 Å². The monoisotopic (exact) mass is 178 g/mol. The molecule has 0 aliphatic heterocycles. The Morgan fingerprint density at radius 2 is 2.15 bits per heavy atom. The van der Waals surface area contributed by atoms with E-state index >= 15 is 0 Å². The SMILES string of the molecule is C=C/C(=C\C=C/C)C(CC)C(C)=O. The van der Waals surface area contributed by atoms with Gasteiger partial charge in [0.2, 0.25) is 0 Å². The van der Waals surface area contributed by atoms with E-state index in [9.17, 15) is 4.79 Å². The Morgan fingerprint density at radius 1 is 1.54 bits per heavy atom. The van der Waals surface area contributed by atoms with Gasteiger partial charge in [0.15, 0.2) is 0 Å². The number of allylic oxidation sites excluding steroid dienone is 5. The lowest BCUT2D eigenvalue weighted by molar-refractivity contribution is -0.119. The molecule has 0 fully saturated rings. The summed E-state index contributed by atoms with van der Waals surface area (Å²) in [5, 5.41) is 0. The molecule has 1 atom stereocenters. The molecule has 0 aromatic heterocycles. The number of ketones is 1. The van der Waals surface area contributed by atoms with Crippen LogP contribution < -0.4 is 0 Å². The molecular formula is C12H18O. The molecule has 0 aromatic carbocycles. The van der Waals surface area contributed by atoms with Crippen LogP contribution in [-0.4, -0.2) is 5.78 Å². The minimum atomic E-state index is 0.00806. The summed E-state index contributed by atoms with van der Waals surface area (Å²) in [5.74, 6) is 0.215. The second-order valence-corrected chi connectivity index (χ2v) is 2.97. The minimum absolute atomic E-state index is 0.00806. The smallest absolute Gasteiger partial charge is 0.137 e. The summed E-state index contributed by atoms with van der Waals surface area (Å²) < 4.78 is 0. The van der Waals surface area contributed by atoms with E-state index in [2.05, 4.69) is 6.58 Å². The molecule has 0 heterocycles. The van der Waals surface area contributed by atoms with Gasteiger partial charge in [-0.2, -0.15) is 0 Å². The van der Waals surface area contributed by atoms with Crippen molar-refractivity contribution >= 4 is 5.78 Å². The quantitative estimate of drug-likeness (QED) is 0.590. The van der Waals surface area contributed by atoms with E-state index in [0.29, 0.717) is 0 Å². The topological polar surface area (TPSA) is 17.1 Å². The van der Waals surface area contributed by atoms with Crippen molar-refractivity contribution in [1.82, 2.24) is 0 Å². The first-order valence-electron chi connectivity index (χ1n) is 4.63. The molecule has 0 aliphatic rings. The van der Waals surface area contributed by atoms with E-state index in [4.69, 9.17) is 0 Å². The van der Waals surface area contributed by atoms with Gasteiger partial charge >= 0.3 is 0 Å². The Bertz CT molecular complexity index is 234. The number of hydrogen-bond acceptors (Lipinski definition) is 1. The van der Waals surface area contributed by atoms with E-state index in [1.165, 1.54) is 0 Å². The molecular weight excluding hydrogens is 160 g/mol. The predicted octanol–water partition coefficient (Wildman–Crippen LogP) is 3.29. The summed E-state index contributed by atoms with van der Waals surface area (Å²) in [4.78, 5) is 11.2. The highest BCUT2D eigenvalue weighted by Gasteiger charge is 2.13. The van der Waals surface area contributed by atoms with Gasteiger partial charge in [0.25, 0.3) is 0 Å². The van der Waals surface area contributed by atoms with Crippen molar-refractivity contribution in [3.05, 3.63) is 36.5 Å². The zero-order valence-electron chi connectivity index (χ0n) is 8.71. The van der Waals surface area contributed by atoms with Crippen molar-refractivity contribution in [3.63, 3.8) is 0 Å². The molecule has 1 unspecified atom stereocenters. The van der Waals surface area contributed by atoms with Crippen LogP contribution in [0, 0.1) is 5.92 Å². The van der Waals surface area contributed by atoms with E-state index in [1.807, 2.05) is 32.1 Å². The van der Waals surface area contributed by atoms with Gasteiger partial charge in [-0.1, -0.05) is 37.8 Å². The van der Waals surface area contributed by atoms with Gasteiger partial charge in [0.05, 0.1) is 0 Å². The Kier molecular flexibility index (Phi) is 5.86. The summed E-state index contributed by atoms with van der Waals surface area (Å²) in [7, 11) is 0. The summed E-state index contributed by atoms with van der Waals surface area (Å²) in [6.45, 7) is 9.30. The van der Waals surface area contributed by atoms with Crippen LogP contribution >= 0.6 is 0 Å². The molecule has 0 N–H and O–H groups in total. The summed E-state index contributed by atoms with van der Waals surface area (Å²) in [5.41, 5.74) is 1.01. The zero-order valence-corrected chi connectivity index (χ0v) is 8.71. The van der Waals surface area contributed by atoms with Gasteiger partial charge < -0.3 is 0 Å². The fourth-order valence-corrected chi connectivity index (χ4v) is 1.29. The van der Waals surface area contributed by atoms with Crippen LogP contribution in [0.25, 0.3) is 0 Å². The minimum Gasteiger partial charge on any atom is -0.299 e. The van der Waals surface area contributed by atoms with E-state index in [1.54, 1.807) is 13.0 Å². The number of carbonyl (C=O) groups is 1. The molecule has 1 nitrogen and oxygen atoms in total. The van der Waals surface area contributed by atoms with E-state index < -0.39 is 0 Å². The second-order valence-electron chi connectivity index (χ2n) is 2.97. The molecule has 72 valence electrons.